The van der Waals surface area contributed by atoms with E-state index in [1.807, 2.05) is 0 Å². The lowest BCUT2D eigenvalue weighted by molar-refractivity contribution is -0.122. The summed E-state index contributed by atoms with van der Waals surface area (Å²) >= 11 is 12.4. The number of anilines is 1. The largest absolute Gasteiger partial charge is 0.454 e. The van der Waals surface area contributed by atoms with Crippen LogP contribution in [0.3, 0.4) is 0 Å². The molecule has 3 aromatic carbocycles. The molecule has 0 bridgehead atoms. The Morgan fingerprint density at radius 2 is 1.64 bits per heavy atom. The van der Waals surface area contributed by atoms with Crippen molar-refractivity contribution < 1.29 is 23.9 Å². The van der Waals surface area contributed by atoms with Crippen molar-refractivity contribution in [3.8, 4) is 11.3 Å². The fourth-order valence-electron chi connectivity index (χ4n) is 5.88. The third-order valence-corrected chi connectivity index (χ3v) is 8.68. The lowest BCUT2D eigenvalue weighted by Crippen LogP contribution is -2.30. The van der Waals surface area contributed by atoms with Crippen LogP contribution in [0.5, 0.6) is 0 Å². The van der Waals surface area contributed by atoms with Crippen molar-refractivity contribution in [3.05, 3.63) is 94.0 Å². The topological polar surface area (TPSA) is 93.6 Å². The molecule has 3 unspecified atom stereocenters. The van der Waals surface area contributed by atoms with Gasteiger partial charge in [-0.15, -0.1) is 0 Å². The van der Waals surface area contributed by atoms with Crippen LogP contribution < -0.4 is 4.90 Å². The number of esters is 1. The maximum Gasteiger partial charge on any atom is 0.339 e. The smallest absolute Gasteiger partial charge is 0.339 e. The maximum atomic E-state index is 13.2. The van der Waals surface area contributed by atoms with Crippen molar-refractivity contribution >= 4 is 63.4 Å². The molecule has 0 radical (unpaired) electrons. The van der Waals surface area contributed by atoms with Crippen LogP contribution in [-0.4, -0.2) is 35.2 Å². The van der Waals surface area contributed by atoms with Gasteiger partial charge in [0.05, 0.1) is 39.3 Å². The van der Waals surface area contributed by atoms with Crippen LogP contribution in [0.4, 0.5) is 5.69 Å². The molecule has 3 atom stereocenters. The van der Waals surface area contributed by atoms with Crippen LogP contribution >= 0.6 is 23.2 Å². The summed E-state index contributed by atoms with van der Waals surface area (Å²) in [5.41, 5.74) is 2.58. The Bertz CT molecular complexity index is 1740. The SMILES string of the molecule is CC1CCC2C(=O)N(c3ccc(-c4cc(C(=O)OCC(=O)c5ccc(Cl)cc5)c5cccc(Cl)c5n4)cc3)C(=O)C2C1. The van der Waals surface area contributed by atoms with Gasteiger partial charge in [-0.2, -0.15) is 0 Å². The minimum Gasteiger partial charge on any atom is -0.454 e. The van der Waals surface area contributed by atoms with Crippen molar-refractivity contribution in [2.45, 2.75) is 26.2 Å². The molecule has 1 aromatic heterocycles. The van der Waals surface area contributed by atoms with E-state index < -0.39 is 12.6 Å². The summed E-state index contributed by atoms with van der Waals surface area (Å²) in [4.78, 5) is 58.1. The van der Waals surface area contributed by atoms with Gasteiger partial charge in [-0.1, -0.05) is 54.4 Å². The zero-order valence-corrected chi connectivity index (χ0v) is 24.2. The van der Waals surface area contributed by atoms with E-state index in [0.29, 0.717) is 49.4 Å². The predicted octanol–water partition coefficient (Wildman–Crippen LogP) is 7.17. The monoisotopic (exact) mass is 600 g/mol. The Labute approximate surface area is 252 Å². The van der Waals surface area contributed by atoms with E-state index in [1.54, 1.807) is 72.8 Å². The molecule has 2 amide bonds. The number of para-hydroxylation sites is 1. The lowest BCUT2D eigenvalue weighted by Gasteiger charge is -2.25. The van der Waals surface area contributed by atoms with E-state index in [4.69, 9.17) is 32.9 Å². The van der Waals surface area contributed by atoms with Gasteiger partial charge in [-0.25, -0.2) is 9.78 Å². The summed E-state index contributed by atoms with van der Waals surface area (Å²) in [7, 11) is 0. The number of Topliss-reactive ketones (excluding diaryl/α,β-unsaturated/α-hetero) is 1. The van der Waals surface area contributed by atoms with Gasteiger partial charge in [-0.05, 0) is 73.7 Å². The number of aromatic nitrogens is 1. The molecule has 9 heteroatoms. The molecule has 6 rings (SSSR count). The summed E-state index contributed by atoms with van der Waals surface area (Å²) < 4.78 is 5.40. The highest BCUT2D eigenvalue weighted by molar-refractivity contribution is 6.35. The van der Waals surface area contributed by atoms with Gasteiger partial charge in [0, 0.05) is 21.5 Å². The summed E-state index contributed by atoms with van der Waals surface area (Å²) in [5, 5.41) is 1.33. The van der Waals surface area contributed by atoms with Crippen LogP contribution in [0.2, 0.25) is 10.0 Å². The number of ketones is 1. The molecule has 1 aliphatic carbocycles. The molecule has 2 aliphatic rings. The predicted molar refractivity (Wildman–Crippen MR) is 161 cm³/mol. The van der Waals surface area contributed by atoms with E-state index in [-0.39, 0.29) is 35.0 Å². The number of imide groups is 1. The Morgan fingerprint density at radius 1 is 0.929 bits per heavy atom. The zero-order chi connectivity index (χ0) is 29.5. The van der Waals surface area contributed by atoms with Crippen LogP contribution in [0, 0.1) is 17.8 Å². The number of amides is 2. The van der Waals surface area contributed by atoms with Crippen molar-refractivity contribution in [2.24, 2.45) is 17.8 Å². The van der Waals surface area contributed by atoms with Gasteiger partial charge in [0.2, 0.25) is 11.8 Å². The average Bonchev–Trinajstić information content (AvgIpc) is 3.24. The van der Waals surface area contributed by atoms with Gasteiger partial charge in [0.15, 0.2) is 12.4 Å². The van der Waals surface area contributed by atoms with Crippen LogP contribution in [0.25, 0.3) is 22.2 Å². The Hall–Kier alpha value is -4.07. The molecule has 7 nitrogen and oxygen atoms in total. The molecule has 1 saturated heterocycles. The number of carbonyl (C=O) groups excluding carboxylic acids is 4. The van der Waals surface area contributed by atoms with Gasteiger partial charge < -0.3 is 4.74 Å². The number of ether oxygens (including phenoxy) is 1. The van der Waals surface area contributed by atoms with Gasteiger partial charge in [0.25, 0.3) is 0 Å². The average molecular weight is 601 g/mol. The highest BCUT2D eigenvalue weighted by atomic mass is 35.5. The molecule has 212 valence electrons. The molecule has 0 N–H and O–H groups in total. The zero-order valence-electron chi connectivity index (χ0n) is 22.7. The first kappa shape index (κ1) is 28.1. The van der Waals surface area contributed by atoms with Gasteiger partial charge in [-0.3, -0.25) is 19.3 Å². The van der Waals surface area contributed by atoms with Crippen molar-refractivity contribution in [1.82, 2.24) is 4.98 Å². The van der Waals surface area contributed by atoms with E-state index in [9.17, 15) is 19.2 Å². The number of hydrogen-bond donors (Lipinski definition) is 0. The van der Waals surface area contributed by atoms with Crippen LogP contribution in [0.15, 0.2) is 72.8 Å². The molecule has 2 heterocycles. The number of benzene rings is 3. The van der Waals surface area contributed by atoms with Crippen LogP contribution in [0.1, 0.15) is 46.9 Å². The normalized spacial score (nSPS) is 20.1. The van der Waals surface area contributed by atoms with Gasteiger partial charge in [0.1, 0.15) is 0 Å². The fraction of sp³-hybridized carbons (Fsp3) is 0.242. The number of carbonyl (C=O) groups is 4. The first-order valence-corrected chi connectivity index (χ1v) is 14.5. The second-order valence-corrected chi connectivity index (χ2v) is 11.7. The second kappa shape index (κ2) is 11.3. The third-order valence-electron chi connectivity index (χ3n) is 8.12. The van der Waals surface area contributed by atoms with Crippen molar-refractivity contribution in [1.29, 1.82) is 0 Å². The number of hydrogen-bond acceptors (Lipinski definition) is 6. The summed E-state index contributed by atoms with van der Waals surface area (Å²) in [5.74, 6) is -1.44. The maximum absolute atomic E-state index is 13.2. The minimum atomic E-state index is -0.699. The summed E-state index contributed by atoms with van der Waals surface area (Å²) in [6.07, 6.45) is 2.41. The Kier molecular flexibility index (Phi) is 7.56. The van der Waals surface area contributed by atoms with E-state index >= 15 is 0 Å². The molecule has 1 aliphatic heterocycles. The third kappa shape index (κ3) is 5.19. The molecular weight excluding hydrogens is 575 g/mol. The van der Waals surface area contributed by atoms with Gasteiger partial charge >= 0.3 is 5.97 Å². The second-order valence-electron chi connectivity index (χ2n) is 10.9. The van der Waals surface area contributed by atoms with Crippen molar-refractivity contribution in [2.75, 3.05) is 11.5 Å². The highest BCUT2D eigenvalue weighted by Gasteiger charge is 2.49. The number of rotatable bonds is 6. The van der Waals surface area contributed by atoms with Crippen molar-refractivity contribution in [3.63, 3.8) is 0 Å². The van der Waals surface area contributed by atoms with Crippen LogP contribution in [-0.2, 0) is 14.3 Å². The van der Waals surface area contributed by atoms with E-state index in [2.05, 4.69) is 6.92 Å². The van der Waals surface area contributed by atoms with E-state index in [1.165, 1.54) is 4.90 Å². The lowest BCUT2D eigenvalue weighted by atomic mass is 9.76. The number of pyridine rings is 1. The highest BCUT2D eigenvalue weighted by Crippen LogP contribution is 2.42. The summed E-state index contributed by atoms with van der Waals surface area (Å²) in [6.45, 7) is 1.67. The molecule has 4 aromatic rings. The number of fused-ring (bicyclic) bond motifs is 2. The molecule has 1 saturated carbocycles. The summed E-state index contributed by atoms with van der Waals surface area (Å²) in [6, 6.07) is 19.9. The fourth-order valence-corrected chi connectivity index (χ4v) is 6.23. The van der Waals surface area contributed by atoms with E-state index in [0.717, 1.165) is 19.3 Å². The Balaban J connectivity index is 1.28. The first-order chi connectivity index (χ1) is 20.2. The molecular formula is C33H26Cl2N2O5. The minimum absolute atomic E-state index is 0.140. The Morgan fingerprint density at radius 3 is 2.38 bits per heavy atom. The number of halogens is 2. The first-order valence-electron chi connectivity index (χ1n) is 13.7. The number of nitrogens with zero attached hydrogens (tertiary/aromatic N) is 2. The molecule has 0 spiro atoms. The molecule has 42 heavy (non-hydrogen) atoms. The molecule has 2 fully saturated rings. The quantitative estimate of drug-likeness (QED) is 0.132. The standard InChI is InChI=1S/C33H26Cl2N2O5/c1-18-5-14-24-25(15-18)32(40)37(31(24)39)22-12-8-19(9-13-22)28-16-26(23-3-2-4-27(35)30(23)36-28)33(41)42-17-29(38)20-6-10-21(34)11-7-20/h2-4,6-13,16,18,24-25H,5,14-15,17H2,1H3.